The van der Waals surface area contributed by atoms with E-state index in [-0.39, 0.29) is 0 Å². The third-order valence-corrected chi connectivity index (χ3v) is 6.78. The molecule has 1 aromatic rings. The Hall–Kier alpha value is 0.530. The van der Waals surface area contributed by atoms with Gasteiger partial charge < -0.3 is 0 Å². The Morgan fingerprint density at radius 3 is 2.22 bits per heavy atom. The lowest BCUT2D eigenvalue weighted by atomic mass is 9.83. The molecule has 0 nitrogen and oxygen atoms in total. The predicted molar refractivity (Wildman–Crippen MR) is 90.9 cm³/mol. The maximum Gasteiger partial charge on any atom is 0.0311 e. The molecule has 1 rings (SSSR count). The number of rotatable bonds is 8. The van der Waals surface area contributed by atoms with E-state index in [0.717, 1.165) is 5.33 Å². The van der Waals surface area contributed by atoms with E-state index < -0.39 is 0 Å². The zero-order valence-corrected chi connectivity index (χ0v) is 15.2. The third-order valence-electron chi connectivity index (χ3n) is 3.21. The smallest absolute Gasteiger partial charge is 0.0311 e. The van der Waals surface area contributed by atoms with Gasteiger partial charge in [-0.05, 0) is 46.3 Å². The van der Waals surface area contributed by atoms with Crippen LogP contribution >= 0.6 is 43.6 Å². The monoisotopic (exact) mass is 392 g/mol. The van der Waals surface area contributed by atoms with Crippen LogP contribution in [-0.4, -0.2) is 11.1 Å². The highest BCUT2D eigenvalue weighted by molar-refractivity contribution is 9.10. The van der Waals surface area contributed by atoms with Gasteiger partial charge in [0.25, 0.3) is 0 Å². The Labute approximate surface area is 133 Å². The zero-order chi connectivity index (χ0) is 13.4. The first-order chi connectivity index (χ1) is 8.67. The van der Waals surface area contributed by atoms with Gasteiger partial charge >= 0.3 is 0 Å². The fourth-order valence-electron chi connectivity index (χ4n) is 2.29. The van der Waals surface area contributed by atoms with Crippen molar-refractivity contribution in [1.29, 1.82) is 0 Å². The first-order valence-electron chi connectivity index (χ1n) is 6.60. The highest BCUT2D eigenvalue weighted by atomic mass is 79.9. The lowest BCUT2D eigenvalue weighted by molar-refractivity contribution is 0.320. The minimum Gasteiger partial charge on any atom is -0.124 e. The lowest BCUT2D eigenvalue weighted by Gasteiger charge is -2.31. The molecule has 3 heteroatoms. The molecule has 0 fully saturated rings. The van der Waals surface area contributed by atoms with Gasteiger partial charge in [0.2, 0.25) is 0 Å². The molecule has 0 aliphatic heterocycles. The summed E-state index contributed by atoms with van der Waals surface area (Å²) < 4.78 is 1.21. The molecule has 18 heavy (non-hydrogen) atoms. The molecular weight excluding hydrogens is 372 g/mol. The van der Waals surface area contributed by atoms with Gasteiger partial charge in [0.1, 0.15) is 0 Å². The average Bonchev–Trinajstić information content (AvgIpc) is 2.38. The van der Waals surface area contributed by atoms with Crippen molar-refractivity contribution in [2.75, 3.05) is 11.1 Å². The number of alkyl halides is 1. The molecule has 0 unspecified atom stereocenters. The largest absolute Gasteiger partial charge is 0.124 e. The SMILES string of the molecule is CCCC(CBr)(CCC)CSc1ccccc1Br. The van der Waals surface area contributed by atoms with E-state index in [0.29, 0.717) is 5.41 Å². The molecule has 0 saturated heterocycles. The van der Waals surface area contributed by atoms with E-state index in [4.69, 9.17) is 0 Å². The Morgan fingerprint density at radius 2 is 1.72 bits per heavy atom. The second-order valence-corrected chi connectivity index (χ2v) is 7.28. The van der Waals surface area contributed by atoms with Crippen LogP contribution in [0.5, 0.6) is 0 Å². The van der Waals surface area contributed by atoms with Gasteiger partial charge in [-0.15, -0.1) is 11.8 Å². The minimum absolute atomic E-state index is 0.448. The number of thioether (sulfide) groups is 1. The number of hydrogen-bond acceptors (Lipinski definition) is 1. The van der Waals surface area contributed by atoms with Crippen molar-refractivity contribution in [3.63, 3.8) is 0 Å². The van der Waals surface area contributed by atoms with Crippen LogP contribution in [-0.2, 0) is 0 Å². The van der Waals surface area contributed by atoms with Crippen LogP contribution in [0.4, 0.5) is 0 Å². The van der Waals surface area contributed by atoms with Crippen LogP contribution in [0, 0.1) is 5.41 Å². The summed E-state index contributed by atoms with van der Waals surface area (Å²) in [4.78, 5) is 1.36. The van der Waals surface area contributed by atoms with Crippen LogP contribution in [0.2, 0.25) is 0 Å². The zero-order valence-electron chi connectivity index (χ0n) is 11.2. The topological polar surface area (TPSA) is 0 Å². The summed E-state index contributed by atoms with van der Waals surface area (Å²) in [6.45, 7) is 4.58. The quantitative estimate of drug-likeness (QED) is 0.357. The number of hydrogen-bond donors (Lipinski definition) is 0. The molecule has 0 atom stereocenters. The van der Waals surface area contributed by atoms with Crippen molar-refractivity contribution in [3.8, 4) is 0 Å². The average molecular weight is 394 g/mol. The first kappa shape index (κ1) is 16.6. The fraction of sp³-hybridized carbons (Fsp3) is 0.600. The van der Waals surface area contributed by atoms with E-state index in [1.807, 2.05) is 11.8 Å². The lowest BCUT2D eigenvalue weighted by Crippen LogP contribution is -2.25. The Balaban J connectivity index is 2.69. The van der Waals surface area contributed by atoms with Gasteiger partial charge in [-0.1, -0.05) is 54.8 Å². The third kappa shape index (κ3) is 4.90. The van der Waals surface area contributed by atoms with Crippen LogP contribution in [0.25, 0.3) is 0 Å². The molecule has 0 heterocycles. The standard InChI is InChI=1S/C15H22Br2S/c1-3-9-15(11-16,10-4-2)12-18-14-8-6-5-7-13(14)17/h5-8H,3-4,9-12H2,1-2H3. The minimum atomic E-state index is 0.448. The molecular formula is C15H22Br2S. The molecule has 0 saturated carbocycles. The van der Waals surface area contributed by atoms with Gasteiger partial charge in [0.05, 0.1) is 0 Å². The van der Waals surface area contributed by atoms with Crippen molar-refractivity contribution < 1.29 is 0 Å². The van der Waals surface area contributed by atoms with Crippen LogP contribution in [0.1, 0.15) is 39.5 Å². The van der Waals surface area contributed by atoms with Gasteiger partial charge in [0.15, 0.2) is 0 Å². The summed E-state index contributed by atoms with van der Waals surface area (Å²) in [6.07, 6.45) is 5.15. The van der Waals surface area contributed by atoms with E-state index in [1.54, 1.807) is 0 Å². The summed E-state index contributed by atoms with van der Waals surface area (Å²) >= 11 is 9.36. The van der Waals surface area contributed by atoms with Crippen molar-refractivity contribution in [2.24, 2.45) is 5.41 Å². The van der Waals surface area contributed by atoms with E-state index in [2.05, 4.69) is 70.0 Å². The Bertz CT molecular complexity index is 346. The van der Waals surface area contributed by atoms with Crippen LogP contribution < -0.4 is 0 Å². The molecule has 0 N–H and O–H groups in total. The van der Waals surface area contributed by atoms with Gasteiger partial charge in [-0.3, -0.25) is 0 Å². The molecule has 0 aromatic heterocycles. The maximum atomic E-state index is 3.74. The summed E-state index contributed by atoms with van der Waals surface area (Å²) in [5, 5.41) is 1.11. The molecule has 102 valence electrons. The van der Waals surface area contributed by atoms with Gasteiger partial charge in [-0.25, -0.2) is 0 Å². The predicted octanol–water partition coefficient (Wildman–Crippen LogP) is 6.52. The summed E-state index contributed by atoms with van der Waals surface area (Å²) in [5.41, 5.74) is 0.448. The summed E-state index contributed by atoms with van der Waals surface area (Å²) in [7, 11) is 0. The maximum absolute atomic E-state index is 3.74. The second-order valence-electron chi connectivity index (χ2n) is 4.85. The fourth-order valence-corrected chi connectivity index (χ4v) is 5.18. The highest BCUT2D eigenvalue weighted by Gasteiger charge is 2.27. The molecule has 0 amide bonds. The molecule has 1 aromatic carbocycles. The van der Waals surface area contributed by atoms with Gasteiger partial charge in [0, 0.05) is 20.5 Å². The first-order valence-corrected chi connectivity index (χ1v) is 9.50. The molecule has 0 aliphatic rings. The molecule has 0 aliphatic carbocycles. The van der Waals surface area contributed by atoms with E-state index in [9.17, 15) is 0 Å². The molecule has 0 radical (unpaired) electrons. The normalized spacial score (nSPS) is 11.8. The van der Waals surface area contributed by atoms with Crippen molar-refractivity contribution in [3.05, 3.63) is 28.7 Å². The van der Waals surface area contributed by atoms with Crippen molar-refractivity contribution >= 4 is 43.6 Å². The molecule has 0 spiro atoms. The van der Waals surface area contributed by atoms with E-state index >= 15 is 0 Å². The van der Waals surface area contributed by atoms with Crippen LogP contribution in [0.3, 0.4) is 0 Å². The summed E-state index contributed by atoms with van der Waals surface area (Å²) in [5.74, 6) is 1.20. The van der Waals surface area contributed by atoms with Gasteiger partial charge in [-0.2, -0.15) is 0 Å². The molecule has 0 bridgehead atoms. The van der Waals surface area contributed by atoms with Crippen LogP contribution in [0.15, 0.2) is 33.6 Å². The Kier molecular flexibility index (Phi) is 7.97. The van der Waals surface area contributed by atoms with E-state index in [1.165, 1.54) is 40.8 Å². The number of halogens is 2. The second kappa shape index (κ2) is 8.65. The van der Waals surface area contributed by atoms with Crippen molar-refractivity contribution in [1.82, 2.24) is 0 Å². The summed E-state index contributed by atoms with van der Waals surface area (Å²) in [6, 6.07) is 8.51. The Morgan fingerprint density at radius 1 is 1.11 bits per heavy atom. The number of benzene rings is 1. The highest BCUT2D eigenvalue weighted by Crippen LogP contribution is 2.39. The van der Waals surface area contributed by atoms with Crippen molar-refractivity contribution in [2.45, 2.75) is 44.4 Å².